The van der Waals surface area contributed by atoms with Gasteiger partial charge >= 0.3 is 0 Å². The van der Waals surface area contributed by atoms with Crippen molar-refractivity contribution in [2.24, 2.45) is 5.92 Å². The minimum atomic E-state index is 0.156. The van der Waals surface area contributed by atoms with Crippen molar-refractivity contribution in [3.63, 3.8) is 0 Å². The van der Waals surface area contributed by atoms with E-state index in [0.717, 1.165) is 74.6 Å². The summed E-state index contributed by atoms with van der Waals surface area (Å²) in [6, 6.07) is 12.2. The van der Waals surface area contributed by atoms with E-state index in [2.05, 4.69) is 22.0 Å². The predicted molar refractivity (Wildman–Crippen MR) is 118 cm³/mol. The molecule has 3 heterocycles. The summed E-state index contributed by atoms with van der Waals surface area (Å²) in [5, 5.41) is 0. The molecule has 1 saturated carbocycles. The minimum Gasteiger partial charge on any atom is -0.490 e. The highest BCUT2D eigenvalue weighted by molar-refractivity contribution is 6.01. The summed E-state index contributed by atoms with van der Waals surface area (Å²) in [4.78, 5) is 22.1. The Balaban J connectivity index is 1.21. The quantitative estimate of drug-likeness (QED) is 0.725. The molecule has 5 rings (SSSR count). The summed E-state index contributed by atoms with van der Waals surface area (Å²) >= 11 is 0. The molecule has 0 atom stereocenters. The SMILES string of the molecule is O=C1c2c(cccc2OC2CCCCC2)CN1CC1CCN(c2ccccn2)CC1. The summed E-state index contributed by atoms with van der Waals surface area (Å²) in [6.07, 6.45) is 10.3. The van der Waals surface area contributed by atoms with Crippen molar-refractivity contribution in [3.05, 3.63) is 53.7 Å². The Labute approximate surface area is 179 Å². The molecule has 1 amide bonds. The molecule has 158 valence electrons. The van der Waals surface area contributed by atoms with Crippen molar-refractivity contribution < 1.29 is 9.53 Å². The molecule has 1 aromatic carbocycles. The normalized spacial score (nSPS) is 20.5. The zero-order valence-corrected chi connectivity index (χ0v) is 17.6. The van der Waals surface area contributed by atoms with Gasteiger partial charge in [-0.2, -0.15) is 0 Å². The van der Waals surface area contributed by atoms with Gasteiger partial charge in [-0.05, 0) is 68.2 Å². The number of aromatic nitrogens is 1. The van der Waals surface area contributed by atoms with Gasteiger partial charge < -0.3 is 14.5 Å². The first-order valence-electron chi connectivity index (χ1n) is 11.5. The Kier molecular flexibility index (Phi) is 5.60. The zero-order chi connectivity index (χ0) is 20.3. The number of anilines is 1. The summed E-state index contributed by atoms with van der Waals surface area (Å²) in [6.45, 7) is 3.57. The molecular formula is C25H31N3O2. The predicted octanol–water partition coefficient (Wildman–Crippen LogP) is 4.67. The Morgan fingerprint density at radius 2 is 1.80 bits per heavy atom. The first-order valence-corrected chi connectivity index (χ1v) is 11.5. The lowest BCUT2D eigenvalue weighted by Gasteiger charge is -2.34. The Morgan fingerprint density at radius 3 is 2.57 bits per heavy atom. The Hall–Kier alpha value is -2.56. The third-order valence-corrected chi connectivity index (χ3v) is 6.89. The van der Waals surface area contributed by atoms with Gasteiger partial charge in [0.2, 0.25) is 0 Å². The number of fused-ring (bicyclic) bond motifs is 1. The highest BCUT2D eigenvalue weighted by Gasteiger charge is 2.33. The van der Waals surface area contributed by atoms with Gasteiger partial charge in [-0.25, -0.2) is 4.98 Å². The maximum atomic E-state index is 13.2. The van der Waals surface area contributed by atoms with Gasteiger partial charge in [-0.15, -0.1) is 0 Å². The number of piperidine rings is 1. The van der Waals surface area contributed by atoms with Crippen molar-refractivity contribution in [2.75, 3.05) is 24.5 Å². The van der Waals surface area contributed by atoms with E-state index in [1.807, 2.05) is 35.4 Å². The van der Waals surface area contributed by atoms with Crippen LogP contribution in [0, 0.1) is 5.92 Å². The second kappa shape index (κ2) is 8.66. The summed E-state index contributed by atoms with van der Waals surface area (Å²) in [7, 11) is 0. The van der Waals surface area contributed by atoms with Crippen LogP contribution in [0.4, 0.5) is 5.82 Å². The van der Waals surface area contributed by atoms with Gasteiger partial charge in [0.05, 0.1) is 11.7 Å². The van der Waals surface area contributed by atoms with E-state index in [4.69, 9.17) is 4.74 Å². The van der Waals surface area contributed by atoms with Crippen LogP contribution in [0.5, 0.6) is 5.75 Å². The van der Waals surface area contributed by atoms with Crippen molar-refractivity contribution >= 4 is 11.7 Å². The molecule has 0 unspecified atom stereocenters. The lowest BCUT2D eigenvalue weighted by molar-refractivity contribution is 0.0735. The van der Waals surface area contributed by atoms with E-state index in [1.165, 1.54) is 19.3 Å². The number of carbonyl (C=O) groups is 1. The molecule has 0 bridgehead atoms. The smallest absolute Gasteiger partial charge is 0.258 e. The molecule has 0 N–H and O–H groups in total. The van der Waals surface area contributed by atoms with E-state index in [0.29, 0.717) is 5.92 Å². The lowest BCUT2D eigenvalue weighted by Crippen LogP contribution is -2.39. The number of nitrogens with zero attached hydrogens (tertiary/aromatic N) is 3. The van der Waals surface area contributed by atoms with Crippen LogP contribution < -0.4 is 9.64 Å². The van der Waals surface area contributed by atoms with Gasteiger partial charge in [0, 0.05) is 32.4 Å². The Bertz CT molecular complexity index is 871. The van der Waals surface area contributed by atoms with Crippen LogP contribution >= 0.6 is 0 Å². The highest BCUT2D eigenvalue weighted by Crippen LogP contribution is 2.34. The molecule has 0 spiro atoms. The standard InChI is InChI=1S/C25H31N3O2/c29-25-24-20(7-6-10-22(24)30-21-8-2-1-3-9-21)18-28(25)17-19-12-15-27(16-13-19)23-11-4-5-14-26-23/h4-7,10-11,14,19,21H,1-3,8-9,12-13,15-18H2. The number of pyridine rings is 1. The molecule has 1 aromatic heterocycles. The average molecular weight is 406 g/mol. The second-order valence-corrected chi connectivity index (χ2v) is 8.97. The Morgan fingerprint density at radius 1 is 0.967 bits per heavy atom. The van der Waals surface area contributed by atoms with E-state index in [1.54, 1.807) is 0 Å². The molecule has 5 heteroatoms. The largest absolute Gasteiger partial charge is 0.490 e. The molecule has 0 radical (unpaired) electrons. The zero-order valence-electron chi connectivity index (χ0n) is 17.6. The van der Waals surface area contributed by atoms with E-state index in [9.17, 15) is 4.79 Å². The molecule has 2 aromatic rings. The van der Waals surface area contributed by atoms with Gasteiger partial charge in [-0.3, -0.25) is 4.79 Å². The highest BCUT2D eigenvalue weighted by atomic mass is 16.5. The van der Waals surface area contributed by atoms with Crippen LogP contribution in [0.15, 0.2) is 42.6 Å². The van der Waals surface area contributed by atoms with Crippen molar-refractivity contribution in [1.29, 1.82) is 0 Å². The number of ether oxygens (including phenoxy) is 1. The number of hydrogen-bond acceptors (Lipinski definition) is 4. The fraction of sp³-hybridized carbons (Fsp3) is 0.520. The third kappa shape index (κ3) is 4.03. The molecule has 2 aliphatic heterocycles. The van der Waals surface area contributed by atoms with Crippen LogP contribution in [0.2, 0.25) is 0 Å². The number of amides is 1. The van der Waals surface area contributed by atoms with Gasteiger partial charge in [-0.1, -0.05) is 24.6 Å². The molecule has 3 aliphatic rings. The van der Waals surface area contributed by atoms with Crippen molar-refractivity contribution in [1.82, 2.24) is 9.88 Å². The van der Waals surface area contributed by atoms with Crippen molar-refractivity contribution in [3.8, 4) is 5.75 Å². The molecule has 1 saturated heterocycles. The first kappa shape index (κ1) is 19.4. The molecule has 2 fully saturated rings. The number of carbonyl (C=O) groups excluding carboxylic acids is 1. The minimum absolute atomic E-state index is 0.156. The molecule has 30 heavy (non-hydrogen) atoms. The first-order chi connectivity index (χ1) is 14.8. The molecular weight excluding hydrogens is 374 g/mol. The molecule has 5 nitrogen and oxygen atoms in total. The number of benzene rings is 1. The third-order valence-electron chi connectivity index (χ3n) is 6.89. The van der Waals surface area contributed by atoms with E-state index >= 15 is 0 Å². The topological polar surface area (TPSA) is 45.7 Å². The second-order valence-electron chi connectivity index (χ2n) is 8.97. The summed E-state index contributed by atoms with van der Waals surface area (Å²) in [5.74, 6) is 2.57. The lowest BCUT2D eigenvalue weighted by atomic mass is 9.96. The summed E-state index contributed by atoms with van der Waals surface area (Å²) in [5.41, 5.74) is 1.94. The fourth-order valence-electron chi connectivity index (χ4n) is 5.19. The molecule has 1 aliphatic carbocycles. The van der Waals surface area contributed by atoms with Gasteiger partial charge in [0.15, 0.2) is 0 Å². The van der Waals surface area contributed by atoms with Crippen LogP contribution in [-0.2, 0) is 6.54 Å². The average Bonchev–Trinajstić information content (AvgIpc) is 3.12. The summed E-state index contributed by atoms with van der Waals surface area (Å²) < 4.78 is 6.31. The van der Waals surface area contributed by atoms with Crippen LogP contribution in [0.25, 0.3) is 0 Å². The van der Waals surface area contributed by atoms with Gasteiger partial charge in [0.25, 0.3) is 5.91 Å². The van der Waals surface area contributed by atoms with Gasteiger partial charge in [0.1, 0.15) is 11.6 Å². The van der Waals surface area contributed by atoms with Crippen molar-refractivity contribution in [2.45, 2.75) is 57.6 Å². The monoisotopic (exact) mass is 405 g/mol. The number of rotatable bonds is 5. The number of hydrogen-bond donors (Lipinski definition) is 0. The van der Waals surface area contributed by atoms with Crippen LogP contribution in [0.3, 0.4) is 0 Å². The van der Waals surface area contributed by atoms with Crippen LogP contribution in [-0.4, -0.2) is 41.5 Å². The van der Waals surface area contributed by atoms with E-state index < -0.39 is 0 Å². The maximum Gasteiger partial charge on any atom is 0.258 e. The maximum absolute atomic E-state index is 13.2. The van der Waals surface area contributed by atoms with E-state index in [-0.39, 0.29) is 12.0 Å². The fourth-order valence-corrected chi connectivity index (χ4v) is 5.19. The van der Waals surface area contributed by atoms with Crippen LogP contribution in [0.1, 0.15) is 60.9 Å².